The summed E-state index contributed by atoms with van der Waals surface area (Å²) in [4.78, 5) is 20.1. The summed E-state index contributed by atoms with van der Waals surface area (Å²) in [6, 6.07) is 54.6. The molecule has 0 saturated heterocycles. The van der Waals surface area contributed by atoms with Gasteiger partial charge in [-0.1, -0.05) is 133 Å². The Morgan fingerprint density at radius 3 is 1.69 bits per heavy atom. The van der Waals surface area contributed by atoms with E-state index in [9.17, 15) is 0 Å². The Kier molecular flexibility index (Phi) is 7.13. The lowest BCUT2D eigenvalue weighted by Gasteiger charge is -2.12. The van der Waals surface area contributed by atoms with Gasteiger partial charge < -0.3 is 0 Å². The van der Waals surface area contributed by atoms with E-state index >= 15 is 0 Å². The van der Waals surface area contributed by atoms with Gasteiger partial charge in [0, 0.05) is 34.4 Å². The Morgan fingerprint density at radius 2 is 0.959 bits per heavy atom. The number of aromatic nitrogens is 5. The van der Waals surface area contributed by atoms with Gasteiger partial charge in [0.05, 0.1) is 12.6 Å². The Hall–Kier alpha value is -6.59. The van der Waals surface area contributed by atoms with Crippen LogP contribution in [0.15, 0.2) is 170 Å². The van der Waals surface area contributed by atoms with Crippen molar-refractivity contribution in [2.24, 2.45) is 0 Å². The highest BCUT2D eigenvalue weighted by atomic mass is 15.0. The summed E-state index contributed by atoms with van der Waals surface area (Å²) in [6.07, 6.45) is 4.77. The third kappa shape index (κ3) is 5.47. The average molecular weight is 629 g/mol. The largest absolute Gasteiger partial charge is 0.243 e. The van der Waals surface area contributed by atoms with Gasteiger partial charge in [-0.25, -0.2) is 19.9 Å². The minimum absolute atomic E-state index is 0.614. The monoisotopic (exact) mass is 628 g/mol. The van der Waals surface area contributed by atoms with Crippen molar-refractivity contribution < 1.29 is 4.57 Å². The van der Waals surface area contributed by atoms with Crippen molar-refractivity contribution in [3.05, 3.63) is 181 Å². The molecule has 2 aromatic heterocycles. The van der Waals surface area contributed by atoms with Crippen molar-refractivity contribution in [3.8, 4) is 73.4 Å². The van der Waals surface area contributed by atoms with Crippen LogP contribution >= 0.6 is 0 Å². The normalized spacial score (nSPS) is 11.6. The van der Waals surface area contributed by atoms with E-state index in [1.807, 2.05) is 48.7 Å². The van der Waals surface area contributed by atoms with Crippen LogP contribution in [-0.2, 0) is 6.42 Å². The lowest BCUT2D eigenvalue weighted by Crippen LogP contribution is -2.35. The predicted octanol–water partition coefficient (Wildman–Crippen LogP) is 9.45. The third-order valence-electron chi connectivity index (χ3n) is 9.07. The average Bonchev–Trinajstić information content (AvgIpc) is 3.58. The van der Waals surface area contributed by atoms with Gasteiger partial charge in [-0.15, -0.1) is 0 Å². The van der Waals surface area contributed by atoms with Crippen LogP contribution in [0.4, 0.5) is 0 Å². The highest BCUT2D eigenvalue weighted by Crippen LogP contribution is 2.35. The minimum Gasteiger partial charge on any atom is -0.243 e. The van der Waals surface area contributed by atoms with Crippen LogP contribution in [-0.4, -0.2) is 19.9 Å². The van der Waals surface area contributed by atoms with Crippen LogP contribution in [0.25, 0.3) is 73.4 Å². The van der Waals surface area contributed by atoms with Crippen molar-refractivity contribution >= 4 is 0 Å². The number of nitrogens with zero attached hydrogens (tertiary/aromatic N) is 5. The molecule has 0 fully saturated rings. The van der Waals surface area contributed by atoms with Gasteiger partial charge in [-0.2, -0.15) is 4.57 Å². The van der Waals surface area contributed by atoms with E-state index in [0.29, 0.717) is 17.5 Å². The van der Waals surface area contributed by atoms with Crippen LogP contribution in [0.3, 0.4) is 0 Å². The molecule has 0 amide bonds. The molecule has 0 aliphatic heterocycles. The SMILES string of the molecule is c1ccc(-c2cccc(-c3nc(-c4ccccc4)nc(-c4cc(-c5ccccc5)cc(-[n+]5ccnc6c5Cc5ccccc5-6)c4)n3)c2)cc1. The first-order valence-corrected chi connectivity index (χ1v) is 16.4. The molecule has 5 nitrogen and oxygen atoms in total. The van der Waals surface area contributed by atoms with E-state index in [2.05, 4.69) is 126 Å². The van der Waals surface area contributed by atoms with Gasteiger partial charge in [-0.3, -0.25) is 0 Å². The summed E-state index contributed by atoms with van der Waals surface area (Å²) < 4.78 is 2.27. The molecule has 0 spiro atoms. The first kappa shape index (κ1) is 28.6. The molecule has 0 atom stereocenters. The van der Waals surface area contributed by atoms with Crippen LogP contribution < -0.4 is 4.57 Å². The molecule has 8 aromatic rings. The minimum atomic E-state index is 0.614. The number of fused-ring (bicyclic) bond motifs is 3. The van der Waals surface area contributed by atoms with E-state index in [-0.39, 0.29) is 0 Å². The van der Waals surface area contributed by atoms with Gasteiger partial charge in [0.2, 0.25) is 11.4 Å². The number of hydrogen-bond acceptors (Lipinski definition) is 4. The fourth-order valence-corrected chi connectivity index (χ4v) is 6.67. The zero-order valence-corrected chi connectivity index (χ0v) is 26.6. The topological polar surface area (TPSA) is 55.4 Å². The summed E-state index contributed by atoms with van der Waals surface area (Å²) in [5.41, 5.74) is 12.9. The lowest BCUT2D eigenvalue weighted by atomic mass is 10.0. The fourth-order valence-electron chi connectivity index (χ4n) is 6.67. The lowest BCUT2D eigenvalue weighted by molar-refractivity contribution is -0.603. The van der Waals surface area contributed by atoms with Crippen LogP contribution in [0, 0.1) is 0 Å². The first-order chi connectivity index (χ1) is 24.3. The van der Waals surface area contributed by atoms with Crippen molar-refractivity contribution in [3.63, 3.8) is 0 Å². The van der Waals surface area contributed by atoms with Crippen LogP contribution in [0.2, 0.25) is 0 Å². The molecule has 230 valence electrons. The molecule has 0 N–H and O–H groups in total. The molecule has 6 aromatic carbocycles. The molecule has 1 aliphatic carbocycles. The quantitative estimate of drug-likeness (QED) is 0.172. The Bertz CT molecular complexity index is 2460. The maximum Gasteiger partial charge on any atom is 0.218 e. The second-order valence-electron chi connectivity index (χ2n) is 12.2. The number of rotatable bonds is 6. The third-order valence-corrected chi connectivity index (χ3v) is 9.07. The summed E-state index contributed by atoms with van der Waals surface area (Å²) in [6.45, 7) is 0. The van der Waals surface area contributed by atoms with E-state index in [0.717, 1.165) is 56.7 Å². The van der Waals surface area contributed by atoms with Gasteiger partial charge >= 0.3 is 0 Å². The van der Waals surface area contributed by atoms with Gasteiger partial charge in [-0.05, 0) is 39.9 Å². The number of benzene rings is 6. The standard InChI is InChI=1S/C44H30N5/c1-4-13-30(14-5-1)33-20-12-21-35(25-33)43-46-42(32-17-8-3-9-18-32)47-44(48-43)37-26-36(31-15-6-2-7-16-31)27-38(28-37)49-24-23-45-41-39-22-11-10-19-34(39)29-40(41)49/h1-28H,29H2/q+1. The van der Waals surface area contributed by atoms with Gasteiger partial charge in [0.15, 0.2) is 23.7 Å². The summed E-state index contributed by atoms with van der Waals surface area (Å²) >= 11 is 0. The highest BCUT2D eigenvalue weighted by Gasteiger charge is 2.30. The molecule has 9 rings (SSSR count). The molecular formula is C44H30N5+. The maximum atomic E-state index is 5.16. The molecule has 1 aliphatic rings. The fraction of sp³-hybridized carbons (Fsp3) is 0.0227. The molecule has 0 unspecified atom stereocenters. The zero-order valence-electron chi connectivity index (χ0n) is 26.6. The van der Waals surface area contributed by atoms with Crippen molar-refractivity contribution in [1.29, 1.82) is 0 Å². The second-order valence-corrected chi connectivity index (χ2v) is 12.2. The molecule has 0 radical (unpaired) electrons. The summed E-state index contributed by atoms with van der Waals surface area (Å²) in [5.74, 6) is 1.87. The highest BCUT2D eigenvalue weighted by molar-refractivity contribution is 5.76. The van der Waals surface area contributed by atoms with Crippen molar-refractivity contribution in [2.45, 2.75) is 6.42 Å². The van der Waals surface area contributed by atoms with Crippen molar-refractivity contribution in [2.75, 3.05) is 0 Å². The van der Waals surface area contributed by atoms with E-state index in [1.165, 1.54) is 16.8 Å². The maximum absolute atomic E-state index is 5.16. The summed E-state index contributed by atoms with van der Waals surface area (Å²) in [5, 5.41) is 0. The predicted molar refractivity (Wildman–Crippen MR) is 195 cm³/mol. The molecule has 2 heterocycles. The van der Waals surface area contributed by atoms with Gasteiger partial charge in [0.1, 0.15) is 5.69 Å². The molecule has 0 saturated carbocycles. The first-order valence-electron chi connectivity index (χ1n) is 16.4. The van der Waals surface area contributed by atoms with E-state index < -0.39 is 0 Å². The zero-order chi connectivity index (χ0) is 32.6. The number of hydrogen-bond donors (Lipinski definition) is 0. The summed E-state index contributed by atoms with van der Waals surface area (Å²) in [7, 11) is 0. The molecule has 0 bridgehead atoms. The van der Waals surface area contributed by atoms with E-state index in [4.69, 9.17) is 19.9 Å². The molecule has 49 heavy (non-hydrogen) atoms. The van der Waals surface area contributed by atoms with Crippen LogP contribution in [0.1, 0.15) is 11.3 Å². The van der Waals surface area contributed by atoms with Crippen LogP contribution in [0.5, 0.6) is 0 Å². The Labute approximate surface area is 284 Å². The Balaban J connectivity index is 1.24. The second kappa shape index (κ2) is 12.2. The smallest absolute Gasteiger partial charge is 0.218 e. The van der Waals surface area contributed by atoms with Gasteiger partial charge in [0.25, 0.3) is 0 Å². The van der Waals surface area contributed by atoms with Crippen molar-refractivity contribution in [1.82, 2.24) is 19.9 Å². The Morgan fingerprint density at radius 1 is 0.429 bits per heavy atom. The molecule has 5 heteroatoms. The van der Waals surface area contributed by atoms with E-state index in [1.54, 1.807) is 0 Å². The molecular weight excluding hydrogens is 599 g/mol.